The van der Waals surface area contributed by atoms with E-state index in [-0.39, 0.29) is 7.43 Å². The second-order valence-electron chi connectivity index (χ2n) is 9.86. The highest BCUT2D eigenvalue weighted by Crippen LogP contribution is 2.10. The van der Waals surface area contributed by atoms with E-state index in [2.05, 4.69) is 57.0 Å². The molecule has 1 heterocycles. The molecule has 204 valence electrons. The van der Waals surface area contributed by atoms with Gasteiger partial charge in [0.05, 0.1) is 0 Å². The summed E-state index contributed by atoms with van der Waals surface area (Å²) >= 11 is 0. The van der Waals surface area contributed by atoms with Gasteiger partial charge >= 0.3 is 21.4 Å². The second-order valence-corrected chi connectivity index (χ2v) is 9.86. The summed E-state index contributed by atoms with van der Waals surface area (Å²) < 4.78 is 18.2. The molecule has 0 unspecified atom stereocenters. The molecule has 5 aromatic rings. The number of aryl methyl sites for hydroxylation is 1. The van der Waals surface area contributed by atoms with Gasteiger partial charge < -0.3 is 13.7 Å². The highest BCUT2D eigenvalue weighted by atomic mass is 16.7. The van der Waals surface area contributed by atoms with Crippen LogP contribution in [0.3, 0.4) is 0 Å². The van der Waals surface area contributed by atoms with Gasteiger partial charge in [-0.1, -0.05) is 184 Å². The number of hydrogen-bond donors (Lipinski definition) is 0. The van der Waals surface area contributed by atoms with Gasteiger partial charge in [-0.3, -0.25) is 0 Å². The third kappa shape index (κ3) is 10.3. The molecule has 0 saturated carbocycles. The van der Waals surface area contributed by atoms with E-state index >= 15 is 0 Å². The molecule has 1 fully saturated rings. The molecule has 1 saturated heterocycles. The molecule has 1 aliphatic rings. The fraction of sp³-hybridized carbons (Fsp3) is 0.118. The van der Waals surface area contributed by atoms with Gasteiger partial charge in [-0.05, 0) is 23.3 Å². The quantitative estimate of drug-likeness (QED) is 0.283. The van der Waals surface area contributed by atoms with E-state index in [0.29, 0.717) is 6.71 Å². The van der Waals surface area contributed by atoms with Crippen LogP contribution >= 0.6 is 0 Å². The standard InChI is InChI=1S/C18H15B3O3.C8H11B.C7H8.CH4/c1-4-10-16(11-5-1)19-22-20(17-12-6-2-7-13-17)24-21(23-19)18-14-8-3-9-15-18;1-9(2)8-6-4-3-5-7-8;1-7-5-3-2-4-6-7;/h1-15H;3-7H,1-2H3;2-6H,1H3;1H4. The summed E-state index contributed by atoms with van der Waals surface area (Å²) in [5, 5.41) is 0. The summed E-state index contributed by atoms with van der Waals surface area (Å²) in [6.45, 7) is 7.15. The van der Waals surface area contributed by atoms with E-state index in [1.54, 1.807) is 0 Å². The first-order chi connectivity index (χ1) is 19.6. The average molecular weight is 538 g/mol. The Labute approximate surface area is 248 Å². The van der Waals surface area contributed by atoms with E-state index < -0.39 is 21.4 Å². The van der Waals surface area contributed by atoms with Crippen molar-refractivity contribution in [3.63, 3.8) is 0 Å². The Hall–Kier alpha value is -3.76. The Bertz CT molecular complexity index is 1250. The van der Waals surface area contributed by atoms with Gasteiger partial charge in [0.2, 0.25) is 0 Å². The highest BCUT2D eigenvalue weighted by Gasteiger charge is 2.43. The van der Waals surface area contributed by atoms with Gasteiger partial charge in [-0.25, -0.2) is 0 Å². The minimum Gasteiger partial charge on any atom is -0.445 e. The predicted octanol–water partition coefficient (Wildman–Crippen LogP) is 5.52. The maximum absolute atomic E-state index is 6.07. The van der Waals surface area contributed by atoms with E-state index in [1.807, 2.05) is 115 Å². The van der Waals surface area contributed by atoms with Crippen molar-refractivity contribution in [2.24, 2.45) is 0 Å². The third-order valence-electron chi connectivity index (χ3n) is 6.36. The van der Waals surface area contributed by atoms with Crippen LogP contribution in [0.2, 0.25) is 13.6 Å². The van der Waals surface area contributed by atoms with Crippen LogP contribution in [0.15, 0.2) is 152 Å². The van der Waals surface area contributed by atoms with Crippen molar-refractivity contribution >= 4 is 49.9 Å². The fourth-order valence-corrected chi connectivity index (χ4v) is 4.11. The Morgan fingerprint density at radius 1 is 0.415 bits per heavy atom. The van der Waals surface area contributed by atoms with Crippen LogP contribution in [0.4, 0.5) is 0 Å². The first-order valence-corrected chi connectivity index (χ1v) is 13.8. The normalized spacial score (nSPS) is 12.1. The second kappa shape index (κ2) is 17.1. The van der Waals surface area contributed by atoms with E-state index in [4.69, 9.17) is 13.7 Å². The third-order valence-corrected chi connectivity index (χ3v) is 6.36. The lowest BCUT2D eigenvalue weighted by Crippen LogP contribution is -2.61. The van der Waals surface area contributed by atoms with Crippen LogP contribution in [0.25, 0.3) is 0 Å². The minimum atomic E-state index is -0.477. The molecule has 0 bridgehead atoms. The molecule has 0 amide bonds. The lowest BCUT2D eigenvalue weighted by atomic mass is 9.49. The van der Waals surface area contributed by atoms with Crippen molar-refractivity contribution in [1.82, 2.24) is 0 Å². The Kier molecular flexibility index (Phi) is 13.3. The van der Waals surface area contributed by atoms with Crippen LogP contribution in [-0.4, -0.2) is 28.1 Å². The monoisotopic (exact) mass is 538 g/mol. The zero-order valence-corrected chi connectivity index (χ0v) is 23.5. The number of rotatable bonds is 4. The molecule has 5 aromatic carbocycles. The molecule has 0 aliphatic carbocycles. The largest absolute Gasteiger partial charge is 0.467 e. The maximum Gasteiger partial charge on any atom is 0.467 e. The van der Waals surface area contributed by atoms with Crippen LogP contribution in [0.5, 0.6) is 0 Å². The van der Waals surface area contributed by atoms with Crippen molar-refractivity contribution < 1.29 is 13.7 Å². The molecule has 7 heteroatoms. The molecule has 0 radical (unpaired) electrons. The van der Waals surface area contributed by atoms with E-state index in [1.165, 1.54) is 11.0 Å². The van der Waals surface area contributed by atoms with Crippen molar-refractivity contribution in [2.45, 2.75) is 28.0 Å². The fourth-order valence-electron chi connectivity index (χ4n) is 4.11. The molecule has 6 rings (SSSR count). The molecule has 0 atom stereocenters. The van der Waals surface area contributed by atoms with Gasteiger partial charge in [0, 0.05) is 0 Å². The molecular weight excluding hydrogens is 500 g/mol. The van der Waals surface area contributed by atoms with E-state index in [9.17, 15) is 0 Å². The van der Waals surface area contributed by atoms with Crippen LogP contribution in [0.1, 0.15) is 13.0 Å². The van der Waals surface area contributed by atoms with Crippen molar-refractivity contribution in [3.05, 3.63) is 157 Å². The summed E-state index contributed by atoms with van der Waals surface area (Å²) in [5.74, 6) is 0. The lowest BCUT2D eigenvalue weighted by molar-refractivity contribution is 0.308. The molecule has 1 aliphatic heterocycles. The summed E-state index contributed by atoms with van der Waals surface area (Å²) in [5.41, 5.74) is 5.66. The van der Waals surface area contributed by atoms with Crippen molar-refractivity contribution in [3.8, 4) is 0 Å². The maximum atomic E-state index is 6.07. The summed E-state index contributed by atoms with van der Waals surface area (Å²) in [6, 6.07) is 50.6. The highest BCUT2D eigenvalue weighted by molar-refractivity contribution is 6.87. The van der Waals surface area contributed by atoms with Crippen LogP contribution in [0, 0.1) is 6.92 Å². The SMILES string of the molecule is C.CB(C)c1ccccc1.Cc1ccccc1.c1ccc(B2OB(c3ccccc3)OB(c3ccccc3)O2)cc1. The molecule has 0 aromatic heterocycles. The Morgan fingerprint density at radius 2 is 0.683 bits per heavy atom. The average Bonchev–Trinajstić information content (AvgIpc) is 3.03. The van der Waals surface area contributed by atoms with Gasteiger partial charge in [0.1, 0.15) is 0 Å². The molecule has 0 spiro atoms. The summed E-state index contributed by atoms with van der Waals surface area (Å²) in [4.78, 5) is 0. The summed E-state index contributed by atoms with van der Waals surface area (Å²) in [6.07, 6.45) is 0. The molecule has 0 N–H and O–H groups in total. The Morgan fingerprint density at radius 3 is 0.902 bits per heavy atom. The number of hydrogen-bond acceptors (Lipinski definition) is 3. The summed E-state index contributed by atoms with van der Waals surface area (Å²) in [7, 11) is -1.43. The van der Waals surface area contributed by atoms with Crippen molar-refractivity contribution in [2.75, 3.05) is 0 Å². The zero-order chi connectivity index (χ0) is 28.0. The lowest BCUT2D eigenvalue weighted by Gasteiger charge is -2.31. The molecule has 3 nitrogen and oxygen atoms in total. The molecular formula is C34H38B4O3. The molecule has 41 heavy (non-hydrogen) atoms. The van der Waals surface area contributed by atoms with Gasteiger partial charge in [0.15, 0.2) is 6.71 Å². The number of benzene rings is 5. The van der Waals surface area contributed by atoms with E-state index in [0.717, 1.165) is 16.4 Å². The first-order valence-electron chi connectivity index (χ1n) is 13.8. The van der Waals surface area contributed by atoms with Gasteiger partial charge in [-0.15, -0.1) is 0 Å². The van der Waals surface area contributed by atoms with Crippen LogP contribution in [-0.2, 0) is 13.7 Å². The van der Waals surface area contributed by atoms with Crippen LogP contribution < -0.4 is 21.9 Å². The minimum absolute atomic E-state index is 0. The predicted molar refractivity (Wildman–Crippen MR) is 180 cm³/mol. The zero-order valence-electron chi connectivity index (χ0n) is 23.5. The van der Waals surface area contributed by atoms with Crippen molar-refractivity contribution in [1.29, 1.82) is 0 Å². The topological polar surface area (TPSA) is 27.7 Å². The smallest absolute Gasteiger partial charge is 0.445 e. The van der Waals surface area contributed by atoms with Gasteiger partial charge in [-0.2, -0.15) is 0 Å². The first kappa shape index (κ1) is 31.8. The Balaban J connectivity index is 0.000000223. The van der Waals surface area contributed by atoms with Gasteiger partial charge in [0.25, 0.3) is 0 Å².